The molecule has 6 heteroatoms. The Labute approximate surface area is 162 Å². The topological polar surface area (TPSA) is 84.5 Å². The van der Waals surface area contributed by atoms with Crippen molar-refractivity contribution in [2.45, 2.75) is 71.3 Å². The van der Waals surface area contributed by atoms with Gasteiger partial charge < -0.3 is 15.4 Å². The number of benzene rings is 1. The molecule has 0 aliphatic carbocycles. The lowest BCUT2D eigenvalue weighted by atomic mass is 10.1. The second-order valence-corrected chi connectivity index (χ2v) is 6.68. The van der Waals surface area contributed by atoms with Crippen molar-refractivity contribution in [3.63, 3.8) is 0 Å². The summed E-state index contributed by atoms with van der Waals surface area (Å²) in [7, 11) is 0. The number of ether oxygens (including phenoxy) is 1. The highest BCUT2D eigenvalue weighted by atomic mass is 16.5. The largest absolute Gasteiger partial charge is 0.464 e. The molecule has 0 aromatic heterocycles. The van der Waals surface area contributed by atoms with Crippen molar-refractivity contribution in [1.82, 2.24) is 5.32 Å². The molecule has 0 heterocycles. The van der Waals surface area contributed by atoms with Gasteiger partial charge in [-0.15, -0.1) is 0 Å². The smallest absolute Gasteiger partial charge is 0.328 e. The lowest BCUT2D eigenvalue weighted by Crippen LogP contribution is -2.39. The fourth-order valence-electron chi connectivity index (χ4n) is 2.66. The zero-order valence-corrected chi connectivity index (χ0v) is 16.5. The fourth-order valence-corrected chi connectivity index (χ4v) is 2.66. The quantitative estimate of drug-likeness (QED) is 0.291. The van der Waals surface area contributed by atoms with Crippen LogP contribution >= 0.6 is 0 Å². The number of esters is 1. The van der Waals surface area contributed by atoms with E-state index in [-0.39, 0.29) is 5.91 Å². The number of amides is 2. The van der Waals surface area contributed by atoms with Crippen molar-refractivity contribution < 1.29 is 19.1 Å². The van der Waals surface area contributed by atoms with Crippen LogP contribution in [0.15, 0.2) is 24.3 Å². The van der Waals surface area contributed by atoms with Crippen LogP contribution in [0.1, 0.15) is 75.6 Å². The number of rotatable bonds is 14. The molecular formula is C21H32N2O4. The molecule has 0 saturated heterocycles. The molecule has 2 amide bonds. The Kier molecular flexibility index (Phi) is 11.6. The maximum absolute atomic E-state index is 12.1. The van der Waals surface area contributed by atoms with Crippen LogP contribution in [-0.4, -0.2) is 30.9 Å². The summed E-state index contributed by atoms with van der Waals surface area (Å²) in [5.41, 5.74) is 1.01. The lowest BCUT2D eigenvalue weighted by molar-refractivity contribution is -0.145. The zero-order valence-electron chi connectivity index (χ0n) is 16.5. The molecule has 1 rings (SSSR count). The van der Waals surface area contributed by atoms with Gasteiger partial charge >= 0.3 is 5.97 Å². The summed E-state index contributed by atoms with van der Waals surface area (Å²) in [6, 6.07) is 5.70. The van der Waals surface area contributed by atoms with E-state index >= 15 is 0 Å². The van der Waals surface area contributed by atoms with Gasteiger partial charge in [-0.3, -0.25) is 9.59 Å². The minimum atomic E-state index is -0.709. The van der Waals surface area contributed by atoms with Crippen molar-refractivity contribution in [1.29, 1.82) is 0 Å². The van der Waals surface area contributed by atoms with E-state index in [1.54, 1.807) is 31.2 Å². The molecule has 0 fully saturated rings. The molecule has 6 nitrogen and oxygen atoms in total. The van der Waals surface area contributed by atoms with E-state index in [9.17, 15) is 14.4 Å². The molecule has 27 heavy (non-hydrogen) atoms. The van der Waals surface area contributed by atoms with Crippen LogP contribution in [0.2, 0.25) is 0 Å². The van der Waals surface area contributed by atoms with Crippen LogP contribution < -0.4 is 10.6 Å². The molecule has 0 aliphatic rings. The summed E-state index contributed by atoms with van der Waals surface area (Å²) < 4.78 is 5.23. The number of hydrogen-bond acceptors (Lipinski definition) is 4. The molecule has 1 aromatic rings. The summed E-state index contributed by atoms with van der Waals surface area (Å²) >= 11 is 0. The first-order valence-corrected chi connectivity index (χ1v) is 9.86. The molecule has 0 aliphatic heterocycles. The van der Waals surface area contributed by atoms with Gasteiger partial charge in [0.1, 0.15) is 6.04 Å². The van der Waals surface area contributed by atoms with Gasteiger partial charge in [-0.2, -0.15) is 0 Å². The first-order valence-electron chi connectivity index (χ1n) is 9.86. The number of carbonyl (C=O) groups is 3. The molecule has 0 unspecified atom stereocenters. The van der Waals surface area contributed by atoms with E-state index in [2.05, 4.69) is 17.6 Å². The zero-order chi connectivity index (χ0) is 19.9. The second-order valence-electron chi connectivity index (χ2n) is 6.68. The van der Waals surface area contributed by atoms with Crippen LogP contribution in [0.5, 0.6) is 0 Å². The molecule has 1 aromatic carbocycles. The number of carbonyl (C=O) groups excluding carboxylic acids is 3. The Balaban J connectivity index is 2.19. The monoisotopic (exact) mass is 376 g/mol. The van der Waals surface area contributed by atoms with E-state index in [0.29, 0.717) is 24.3 Å². The molecule has 150 valence electrons. The highest BCUT2D eigenvalue weighted by Gasteiger charge is 2.17. The summed E-state index contributed by atoms with van der Waals surface area (Å²) in [5.74, 6) is -0.783. The van der Waals surface area contributed by atoms with Crippen molar-refractivity contribution in [2.24, 2.45) is 0 Å². The van der Waals surface area contributed by atoms with Gasteiger partial charge in [0.05, 0.1) is 6.61 Å². The van der Waals surface area contributed by atoms with Crippen LogP contribution in [0.25, 0.3) is 0 Å². The number of nitrogens with one attached hydrogen (secondary N) is 2. The summed E-state index contributed by atoms with van der Waals surface area (Å²) in [4.78, 5) is 34.5. The third-order valence-corrected chi connectivity index (χ3v) is 4.32. The van der Waals surface area contributed by atoms with Crippen molar-refractivity contribution in [3.05, 3.63) is 29.8 Å². The molecule has 0 saturated carbocycles. The van der Waals surface area contributed by atoms with Crippen LogP contribution in [0, 0.1) is 0 Å². The van der Waals surface area contributed by atoms with E-state index in [1.807, 2.05) is 0 Å². The molecule has 1 atom stereocenters. The predicted octanol–water partition coefficient (Wildman–Crippen LogP) is 4.06. The summed E-state index contributed by atoms with van der Waals surface area (Å²) in [6.45, 7) is 4.21. The SMILES string of the molecule is CCCCCCCCCCOC(=O)[C@H](C)NC(=O)c1ccc(NC=O)cc1. The first kappa shape index (κ1) is 22.7. The van der Waals surface area contributed by atoms with Crippen LogP contribution in [0.3, 0.4) is 0 Å². The average molecular weight is 376 g/mol. The highest BCUT2D eigenvalue weighted by Crippen LogP contribution is 2.10. The number of unbranched alkanes of at least 4 members (excludes halogenated alkanes) is 7. The summed E-state index contributed by atoms with van der Waals surface area (Å²) in [5, 5.41) is 5.12. The van der Waals surface area contributed by atoms with E-state index < -0.39 is 12.0 Å². The maximum atomic E-state index is 12.1. The second kappa shape index (κ2) is 13.8. The third kappa shape index (κ3) is 9.78. The molecule has 2 N–H and O–H groups in total. The van der Waals surface area contributed by atoms with Gasteiger partial charge in [0.15, 0.2) is 0 Å². The van der Waals surface area contributed by atoms with Gasteiger partial charge in [-0.05, 0) is 37.6 Å². The molecule has 0 spiro atoms. The molecule has 0 bridgehead atoms. The Morgan fingerprint density at radius 3 is 2.19 bits per heavy atom. The summed E-state index contributed by atoms with van der Waals surface area (Å²) in [6.07, 6.45) is 10.0. The van der Waals surface area contributed by atoms with E-state index in [1.165, 1.54) is 38.5 Å². The van der Waals surface area contributed by atoms with E-state index in [4.69, 9.17) is 4.74 Å². The van der Waals surface area contributed by atoms with Gasteiger partial charge in [-0.25, -0.2) is 4.79 Å². The molecular weight excluding hydrogens is 344 g/mol. The van der Waals surface area contributed by atoms with Gasteiger partial charge in [-0.1, -0.05) is 51.9 Å². The molecule has 0 radical (unpaired) electrons. The Bertz CT molecular complexity index is 572. The number of hydrogen-bond donors (Lipinski definition) is 2. The minimum Gasteiger partial charge on any atom is -0.464 e. The van der Waals surface area contributed by atoms with Gasteiger partial charge in [0, 0.05) is 11.3 Å². The Morgan fingerprint density at radius 1 is 1.00 bits per heavy atom. The van der Waals surface area contributed by atoms with Crippen LogP contribution in [-0.2, 0) is 14.3 Å². The Morgan fingerprint density at radius 2 is 1.59 bits per heavy atom. The third-order valence-electron chi connectivity index (χ3n) is 4.32. The van der Waals surface area contributed by atoms with Crippen LogP contribution in [0.4, 0.5) is 5.69 Å². The van der Waals surface area contributed by atoms with Gasteiger partial charge in [0.25, 0.3) is 5.91 Å². The first-order chi connectivity index (χ1) is 13.1. The maximum Gasteiger partial charge on any atom is 0.328 e. The highest BCUT2D eigenvalue weighted by molar-refractivity contribution is 5.97. The van der Waals surface area contributed by atoms with Crippen molar-refractivity contribution in [3.8, 4) is 0 Å². The van der Waals surface area contributed by atoms with Gasteiger partial charge in [0.2, 0.25) is 6.41 Å². The van der Waals surface area contributed by atoms with Crippen molar-refractivity contribution >= 4 is 24.0 Å². The average Bonchev–Trinajstić information content (AvgIpc) is 2.67. The normalized spacial score (nSPS) is 11.5. The minimum absolute atomic E-state index is 0.357. The van der Waals surface area contributed by atoms with Crippen molar-refractivity contribution in [2.75, 3.05) is 11.9 Å². The fraction of sp³-hybridized carbons (Fsp3) is 0.571. The Hall–Kier alpha value is -2.37. The predicted molar refractivity (Wildman–Crippen MR) is 107 cm³/mol. The lowest BCUT2D eigenvalue weighted by Gasteiger charge is -2.13. The van der Waals surface area contributed by atoms with E-state index in [0.717, 1.165) is 12.8 Å². The standard InChI is InChI=1S/C21H32N2O4/c1-3-4-5-6-7-8-9-10-15-27-21(26)17(2)23-20(25)18-11-13-19(14-12-18)22-16-24/h11-14,16-17H,3-10,15H2,1-2H3,(H,22,24)(H,23,25)/t17-/m0/s1. The number of anilines is 1.